The molecule has 0 saturated carbocycles. The Balaban J connectivity index is 2.13. The first kappa shape index (κ1) is 15.3. The molecule has 1 heterocycles. The highest BCUT2D eigenvalue weighted by Crippen LogP contribution is 2.30. The fourth-order valence-electron chi connectivity index (χ4n) is 1.73. The third-order valence-electron chi connectivity index (χ3n) is 2.70. The molecule has 0 aliphatic carbocycles. The van der Waals surface area contributed by atoms with Gasteiger partial charge in [-0.2, -0.15) is 13.2 Å². The molecule has 0 unspecified atom stereocenters. The highest BCUT2D eigenvalue weighted by molar-refractivity contribution is 7.16. The number of aryl methyl sites for hydroxylation is 1. The van der Waals surface area contributed by atoms with E-state index in [1.165, 1.54) is 23.5 Å². The van der Waals surface area contributed by atoms with Gasteiger partial charge in [-0.1, -0.05) is 12.1 Å². The molecular weight excluding hydrogens is 305 g/mol. The first-order valence-corrected chi connectivity index (χ1v) is 6.70. The monoisotopic (exact) mass is 316 g/mol. The number of benzene rings is 1. The molecule has 2 rings (SSSR count). The van der Waals surface area contributed by atoms with E-state index >= 15 is 0 Å². The number of thiazole rings is 1. The van der Waals surface area contributed by atoms with Crippen LogP contribution in [0, 0.1) is 6.92 Å². The number of nitrogens with one attached hydrogen (secondary N) is 1. The molecule has 0 bridgehead atoms. The lowest BCUT2D eigenvalue weighted by Crippen LogP contribution is -2.06. The summed E-state index contributed by atoms with van der Waals surface area (Å²) in [4.78, 5) is 14.8. The number of amides is 1. The second-order valence-electron chi connectivity index (χ2n) is 4.32. The Bertz CT molecular complexity index is 650. The Morgan fingerprint density at radius 1 is 1.33 bits per heavy atom. The van der Waals surface area contributed by atoms with Gasteiger partial charge in [-0.05, 0) is 24.6 Å². The predicted octanol–water partition coefficient (Wildman–Crippen LogP) is 4.15. The maximum atomic E-state index is 12.5. The third-order valence-corrected chi connectivity index (χ3v) is 3.77. The summed E-state index contributed by atoms with van der Waals surface area (Å²) >= 11 is 1.17. The van der Waals surface area contributed by atoms with Crippen molar-refractivity contribution >= 4 is 22.4 Å². The smallest absolute Gasteiger partial charge is 0.416 e. The molecule has 112 valence electrons. The summed E-state index contributed by atoms with van der Waals surface area (Å²) in [6.07, 6.45) is -5.18. The van der Waals surface area contributed by atoms with Crippen molar-refractivity contribution in [3.05, 3.63) is 46.1 Å². The van der Waals surface area contributed by atoms with Crippen molar-refractivity contribution in [2.75, 3.05) is 5.32 Å². The van der Waals surface area contributed by atoms with E-state index in [4.69, 9.17) is 5.11 Å². The molecule has 0 spiro atoms. The molecule has 0 atom stereocenters. The Morgan fingerprint density at radius 3 is 2.48 bits per heavy atom. The fourth-order valence-corrected chi connectivity index (χ4v) is 2.72. The molecule has 0 fully saturated rings. The number of hydrogen-bond donors (Lipinski definition) is 2. The molecular formula is C13H11F3N2O2S. The molecule has 0 aliphatic heterocycles. The maximum Gasteiger partial charge on any atom is 0.416 e. The zero-order valence-corrected chi connectivity index (χ0v) is 11.7. The van der Waals surface area contributed by atoms with Gasteiger partial charge >= 0.3 is 12.3 Å². The van der Waals surface area contributed by atoms with Crippen molar-refractivity contribution in [3.8, 4) is 0 Å². The van der Waals surface area contributed by atoms with Crippen LogP contribution in [0.1, 0.15) is 21.8 Å². The normalized spacial score (nSPS) is 11.4. The van der Waals surface area contributed by atoms with Crippen molar-refractivity contribution in [1.29, 1.82) is 0 Å². The number of anilines is 1. The quantitative estimate of drug-likeness (QED) is 0.894. The number of halogens is 3. The Morgan fingerprint density at radius 2 is 1.95 bits per heavy atom. The van der Waals surface area contributed by atoms with Crippen LogP contribution in [0.5, 0.6) is 0 Å². The topological polar surface area (TPSA) is 62.2 Å². The van der Waals surface area contributed by atoms with Crippen LogP contribution >= 0.6 is 11.3 Å². The Hall–Kier alpha value is -2.09. The van der Waals surface area contributed by atoms with Crippen LogP contribution in [0.4, 0.5) is 23.0 Å². The van der Waals surface area contributed by atoms with Crippen LogP contribution in [0.3, 0.4) is 0 Å². The number of carbonyl (C=O) groups is 1. The molecule has 8 heteroatoms. The number of aromatic nitrogens is 1. The minimum absolute atomic E-state index is 0.352. The zero-order valence-electron chi connectivity index (χ0n) is 10.9. The van der Waals surface area contributed by atoms with E-state index in [0.717, 1.165) is 12.1 Å². The fraction of sp³-hybridized carbons (Fsp3) is 0.231. The molecule has 2 N–H and O–H groups in total. The highest BCUT2D eigenvalue weighted by atomic mass is 32.1. The molecule has 1 aromatic heterocycles. The standard InChI is InChI=1S/C13H11F3N2O2S/c1-7-11(18-12(19)20)21-10(17-7)6-8-2-4-9(5-3-8)13(14,15)16/h2-5,18H,6H2,1H3,(H,19,20). The van der Waals surface area contributed by atoms with Gasteiger partial charge in [-0.3, -0.25) is 5.32 Å². The second-order valence-corrected chi connectivity index (χ2v) is 5.41. The van der Waals surface area contributed by atoms with Gasteiger partial charge in [0, 0.05) is 6.42 Å². The summed E-state index contributed by atoms with van der Waals surface area (Å²) in [5.74, 6) is 0. The van der Waals surface area contributed by atoms with Crippen molar-refractivity contribution in [1.82, 2.24) is 4.98 Å². The molecule has 0 saturated heterocycles. The maximum absolute atomic E-state index is 12.5. The first-order valence-electron chi connectivity index (χ1n) is 5.88. The molecule has 0 radical (unpaired) electrons. The number of nitrogens with zero attached hydrogens (tertiary/aromatic N) is 1. The summed E-state index contributed by atoms with van der Waals surface area (Å²) in [7, 11) is 0. The van der Waals surface area contributed by atoms with Crippen LogP contribution in [0.15, 0.2) is 24.3 Å². The van der Waals surface area contributed by atoms with Crippen molar-refractivity contribution < 1.29 is 23.1 Å². The van der Waals surface area contributed by atoms with E-state index in [0.29, 0.717) is 27.7 Å². The summed E-state index contributed by atoms with van der Waals surface area (Å²) in [6, 6.07) is 4.83. The van der Waals surface area contributed by atoms with E-state index < -0.39 is 17.8 Å². The summed E-state index contributed by atoms with van der Waals surface area (Å²) in [6.45, 7) is 1.66. The van der Waals surface area contributed by atoms with E-state index in [2.05, 4.69) is 10.3 Å². The predicted molar refractivity (Wildman–Crippen MR) is 72.7 cm³/mol. The summed E-state index contributed by atoms with van der Waals surface area (Å²) < 4.78 is 37.4. The van der Waals surface area contributed by atoms with Gasteiger partial charge in [0.25, 0.3) is 0 Å². The third kappa shape index (κ3) is 3.94. The van der Waals surface area contributed by atoms with Gasteiger partial charge in [0.1, 0.15) is 5.00 Å². The molecule has 21 heavy (non-hydrogen) atoms. The number of hydrogen-bond acceptors (Lipinski definition) is 3. The Kier molecular flexibility index (Phi) is 4.17. The van der Waals surface area contributed by atoms with Crippen LogP contribution in [-0.4, -0.2) is 16.2 Å². The lowest BCUT2D eigenvalue weighted by molar-refractivity contribution is -0.137. The highest BCUT2D eigenvalue weighted by Gasteiger charge is 2.29. The minimum Gasteiger partial charge on any atom is -0.465 e. The van der Waals surface area contributed by atoms with Gasteiger partial charge in [-0.15, -0.1) is 11.3 Å². The molecule has 4 nitrogen and oxygen atoms in total. The summed E-state index contributed by atoms with van der Waals surface area (Å²) in [5.41, 5.74) is 0.526. The number of rotatable bonds is 3. The van der Waals surface area contributed by atoms with Crippen molar-refractivity contribution in [2.45, 2.75) is 19.5 Å². The minimum atomic E-state index is -4.35. The molecule has 0 aliphatic rings. The SMILES string of the molecule is Cc1nc(Cc2ccc(C(F)(F)F)cc2)sc1NC(=O)O. The number of alkyl halides is 3. The lowest BCUT2D eigenvalue weighted by Gasteiger charge is -2.06. The Labute approximate surface area is 122 Å². The van der Waals surface area contributed by atoms with Gasteiger partial charge in [0.15, 0.2) is 0 Å². The number of carboxylic acid groups (broad SMARTS) is 1. The van der Waals surface area contributed by atoms with Crippen LogP contribution in [-0.2, 0) is 12.6 Å². The molecule has 2 aromatic rings. The largest absolute Gasteiger partial charge is 0.465 e. The average molecular weight is 316 g/mol. The zero-order chi connectivity index (χ0) is 15.6. The van der Waals surface area contributed by atoms with E-state index in [9.17, 15) is 18.0 Å². The van der Waals surface area contributed by atoms with E-state index in [1.807, 2.05) is 0 Å². The van der Waals surface area contributed by atoms with E-state index in [1.54, 1.807) is 6.92 Å². The van der Waals surface area contributed by atoms with Gasteiger partial charge in [0.2, 0.25) is 0 Å². The van der Waals surface area contributed by atoms with Crippen molar-refractivity contribution in [3.63, 3.8) is 0 Å². The van der Waals surface area contributed by atoms with Gasteiger partial charge < -0.3 is 5.11 Å². The average Bonchev–Trinajstić information content (AvgIpc) is 2.68. The molecule has 1 aromatic carbocycles. The molecule has 1 amide bonds. The van der Waals surface area contributed by atoms with Crippen LogP contribution in [0.25, 0.3) is 0 Å². The summed E-state index contributed by atoms with van der Waals surface area (Å²) in [5, 5.41) is 11.9. The van der Waals surface area contributed by atoms with Gasteiger partial charge in [0.05, 0.1) is 16.3 Å². The second kappa shape index (κ2) is 5.72. The lowest BCUT2D eigenvalue weighted by atomic mass is 10.1. The van der Waals surface area contributed by atoms with E-state index in [-0.39, 0.29) is 0 Å². The van der Waals surface area contributed by atoms with Crippen LogP contribution in [0.2, 0.25) is 0 Å². The van der Waals surface area contributed by atoms with Gasteiger partial charge in [-0.25, -0.2) is 9.78 Å². The van der Waals surface area contributed by atoms with Crippen molar-refractivity contribution in [2.24, 2.45) is 0 Å². The first-order chi connectivity index (χ1) is 9.75. The van der Waals surface area contributed by atoms with Crippen LogP contribution < -0.4 is 5.32 Å².